The second-order valence-electron chi connectivity index (χ2n) is 4.13. The SMILES string of the molecule is Nc1ccc(CC(=O)NCc2ccccc2F)nc1. The summed E-state index contributed by atoms with van der Waals surface area (Å²) in [5, 5.41) is 2.65. The predicted octanol–water partition coefficient (Wildman–Crippen LogP) is 1.66. The minimum absolute atomic E-state index is 0.148. The summed E-state index contributed by atoms with van der Waals surface area (Å²) < 4.78 is 13.3. The lowest BCUT2D eigenvalue weighted by Gasteiger charge is -2.06. The molecule has 0 bridgehead atoms. The number of carbonyl (C=O) groups is 1. The number of amides is 1. The van der Waals surface area contributed by atoms with Gasteiger partial charge in [-0.1, -0.05) is 18.2 Å². The van der Waals surface area contributed by atoms with Crippen LogP contribution in [0.25, 0.3) is 0 Å². The smallest absolute Gasteiger partial charge is 0.226 e. The first-order valence-electron chi connectivity index (χ1n) is 5.85. The van der Waals surface area contributed by atoms with Gasteiger partial charge in [-0.25, -0.2) is 4.39 Å². The van der Waals surface area contributed by atoms with E-state index in [1.165, 1.54) is 12.3 Å². The Morgan fingerprint density at radius 2 is 2.05 bits per heavy atom. The molecule has 2 aromatic rings. The lowest BCUT2D eigenvalue weighted by atomic mass is 10.2. The van der Waals surface area contributed by atoms with Crippen molar-refractivity contribution in [2.24, 2.45) is 0 Å². The molecule has 1 amide bonds. The zero-order valence-corrected chi connectivity index (χ0v) is 10.3. The van der Waals surface area contributed by atoms with E-state index in [9.17, 15) is 9.18 Å². The number of hydrogen-bond acceptors (Lipinski definition) is 3. The minimum Gasteiger partial charge on any atom is -0.397 e. The predicted molar refractivity (Wildman–Crippen MR) is 70.6 cm³/mol. The third-order valence-electron chi connectivity index (χ3n) is 2.62. The first-order valence-corrected chi connectivity index (χ1v) is 5.85. The quantitative estimate of drug-likeness (QED) is 0.877. The van der Waals surface area contributed by atoms with Crippen LogP contribution in [0.1, 0.15) is 11.3 Å². The molecule has 5 heteroatoms. The molecule has 0 aliphatic carbocycles. The van der Waals surface area contributed by atoms with Crippen LogP contribution in [-0.4, -0.2) is 10.9 Å². The van der Waals surface area contributed by atoms with Gasteiger partial charge in [0.15, 0.2) is 0 Å². The maximum atomic E-state index is 13.3. The van der Waals surface area contributed by atoms with Gasteiger partial charge in [-0.15, -0.1) is 0 Å². The summed E-state index contributed by atoms with van der Waals surface area (Å²) >= 11 is 0. The first-order chi connectivity index (χ1) is 9.15. The number of nitrogens with two attached hydrogens (primary N) is 1. The summed E-state index contributed by atoms with van der Waals surface area (Å²) in [6.45, 7) is 0.167. The van der Waals surface area contributed by atoms with Gasteiger partial charge in [-0.05, 0) is 18.2 Å². The topological polar surface area (TPSA) is 68.0 Å². The van der Waals surface area contributed by atoms with E-state index in [4.69, 9.17) is 5.73 Å². The first kappa shape index (κ1) is 13.0. The van der Waals surface area contributed by atoms with Crippen molar-refractivity contribution in [1.29, 1.82) is 0 Å². The summed E-state index contributed by atoms with van der Waals surface area (Å²) in [5.41, 5.74) is 7.14. The number of benzene rings is 1. The van der Waals surface area contributed by atoms with Crippen molar-refractivity contribution in [3.05, 3.63) is 59.7 Å². The number of pyridine rings is 1. The molecule has 0 aliphatic heterocycles. The highest BCUT2D eigenvalue weighted by Gasteiger charge is 2.06. The van der Waals surface area contributed by atoms with Crippen molar-refractivity contribution in [3.8, 4) is 0 Å². The average molecular weight is 259 g/mol. The summed E-state index contributed by atoms with van der Waals surface area (Å²) in [6, 6.07) is 9.72. The fourth-order valence-electron chi connectivity index (χ4n) is 1.60. The van der Waals surface area contributed by atoms with Crippen molar-refractivity contribution >= 4 is 11.6 Å². The second-order valence-corrected chi connectivity index (χ2v) is 4.13. The Balaban J connectivity index is 1.88. The van der Waals surface area contributed by atoms with Crippen LogP contribution >= 0.6 is 0 Å². The Hall–Kier alpha value is -2.43. The molecule has 0 atom stereocenters. The maximum Gasteiger partial charge on any atom is 0.226 e. The summed E-state index contributed by atoms with van der Waals surface area (Å²) in [5.74, 6) is -0.533. The van der Waals surface area contributed by atoms with E-state index in [1.807, 2.05) is 0 Å². The number of anilines is 1. The van der Waals surface area contributed by atoms with Gasteiger partial charge in [0.05, 0.1) is 18.3 Å². The Labute approximate surface area is 110 Å². The Bertz CT molecular complexity index is 569. The number of hydrogen-bond donors (Lipinski definition) is 2. The third kappa shape index (κ3) is 3.77. The molecule has 1 heterocycles. The molecule has 0 aliphatic rings. The number of nitrogens with zero attached hydrogens (tertiary/aromatic N) is 1. The van der Waals surface area contributed by atoms with Gasteiger partial charge < -0.3 is 11.1 Å². The van der Waals surface area contributed by atoms with E-state index < -0.39 is 0 Å². The summed E-state index contributed by atoms with van der Waals surface area (Å²) in [4.78, 5) is 15.7. The van der Waals surface area contributed by atoms with Gasteiger partial charge >= 0.3 is 0 Å². The van der Waals surface area contributed by atoms with E-state index in [0.717, 1.165) is 0 Å². The van der Waals surface area contributed by atoms with Gasteiger partial charge in [0.1, 0.15) is 5.82 Å². The number of aromatic nitrogens is 1. The van der Waals surface area contributed by atoms with E-state index in [2.05, 4.69) is 10.3 Å². The molecular weight excluding hydrogens is 245 g/mol. The fourth-order valence-corrected chi connectivity index (χ4v) is 1.60. The van der Waals surface area contributed by atoms with E-state index in [0.29, 0.717) is 16.9 Å². The van der Waals surface area contributed by atoms with Gasteiger partial charge in [0, 0.05) is 17.8 Å². The van der Waals surface area contributed by atoms with Crippen molar-refractivity contribution < 1.29 is 9.18 Å². The average Bonchev–Trinajstić information content (AvgIpc) is 2.40. The largest absolute Gasteiger partial charge is 0.397 e. The molecule has 0 radical (unpaired) electrons. The zero-order valence-electron chi connectivity index (χ0n) is 10.3. The van der Waals surface area contributed by atoms with Crippen LogP contribution in [-0.2, 0) is 17.8 Å². The summed E-state index contributed by atoms with van der Waals surface area (Å²) in [7, 11) is 0. The van der Waals surface area contributed by atoms with Crippen molar-refractivity contribution in [2.75, 3.05) is 5.73 Å². The van der Waals surface area contributed by atoms with Crippen LogP contribution in [0.5, 0.6) is 0 Å². The van der Waals surface area contributed by atoms with Crippen LogP contribution in [0.15, 0.2) is 42.6 Å². The third-order valence-corrected chi connectivity index (χ3v) is 2.62. The normalized spacial score (nSPS) is 10.2. The molecule has 2 rings (SSSR count). The number of nitrogen functional groups attached to an aromatic ring is 1. The monoisotopic (exact) mass is 259 g/mol. The fraction of sp³-hybridized carbons (Fsp3) is 0.143. The number of carbonyl (C=O) groups excluding carboxylic acids is 1. The Kier molecular flexibility index (Phi) is 4.07. The maximum absolute atomic E-state index is 13.3. The number of nitrogens with one attached hydrogen (secondary N) is 1. The van der Waals surface area contributed by atoms with Crippen molar-refractivity contribution in [3.63, 3.8) is 0 Å². The zero-order chi connectivity index (χ0) is 13.7. The van der Waals surface area contributed by atoms with Crippen LogP contribution in [0, 0.1) is 5.82 Å². The molecule has 98 valence electrons. The second kappa shape index (κ2) is 5.95. The number of rotatable bonds is 4. The number of halogens is 1. The summed E-state index contributed by atoms with van der Waals surface area (Å²) in [6.07, 6.45) is 1.65. The van der Waals surface area contributed by atoms with Gasteiger partial charge in [-0.2, -0.15) is 0 Å². The standard InChI is InChI=1S/C14H14FN3O/c15-13-4-2-1-3-10(13)8-18-14(19)7-12-6-5-11(16)9-17-12/h1-6,9H,7-8,16H2,(H,18,19). The minimum atomic E-state index is -0.326. The molecule has 0 spiro atoms. The lowest BCUT2D eigenvalue weighted by molar-refractivity contribution is -0.120. The Morgan fingerprint density at radius 3 is 2.74 bits per heavy atom. The highest BCUT2D eigenvalue weighted by Crippen LogP contribution is 2.06. The van der Waals surface area contributed by atoms with E-state index in [1.54, 1.807) is 30.3 Å². The lowest BCUT2D eigenvalue weighted by Crippen LogP contribution is -2.25. The highest BCUT2D eigenvalue weighted by molar-refractivity contribution is 5.78. The molecule has 4 nitrogen and oxygen atoms in total. The molecule has 0 fully saturated rings. The molecule has 19 heavy (non-hydrogen) atoms. The Morgan fingerprint density at radius 1 is 1.26 bits per heavy atom. The van der Waals surface area contributed by atoms with Gasteiger partial charge in [0.25, 0.3) is 0 Å². The molecule has 1 aromatic carbocycles. The highest BCUT2D eigenvalue weighted by atomic mass is 19.1. The van der Waals surface area contributed by atoms with E-state index in [-0.39, 0.29) is 24.7 Å². The van der Waals surface area contributed by atoms with Crippen molar-refractivity contribution in [1.82, 2.24) is 10.3 Å². The van der Waals surface area contributed by atoms with Gasteiger partial charge in [-0.3, -0.25) is 9.78 Å². The van der Waals surface area contributed by atoms with Gasteiger partial charge in [0.2, 0.25) is 5.91 Å². The molecular formula is C14H14FN3O. The molecule has 0 saturated heterocycles. The molecule has 3 N–H and O–H groups in total. The molecule has 0 unspecified atom stereocenters. The molecule has 0 saturated carbocycles. The van der Waals surface area contributed by atoms with Crippen molar-refractivity contribution in [2.45, 2.75) is 13.0 Å². The van der Waals surface area contributed by atoms with Crippen LogP contribution in [0.4, 0.5) is 10.1 Å². The van der Waals surface area contributed by atoms with E-state index >= 15 is 0 Å². The van der Waals surface area contributed by atoms with Crippen LogP contribution in [0.2, 0.25) is 0 Å². The molecule has 1 aromatic heterocycles. The van der Waals surface area contributed by atoms with Crippen LogP contribution < -0.4 is 11.1 Å². The van der Waals surface area contributed by atoms with Crippen LogP contribution in [0.3, 0.4) is 0 Å².